The van der Waals surface area contributed by atoms with Crippen LogP contribution in [0.3, 0.4) is 0 Å². The Morgan fingerprint density at radius 1 is 1.15 bits per heavy atom. The summed E-state index contributed by atoms with van der Waals surface area (Å²) in [5, 5.41) is 8.14. The number of hydrogen-bond donors (Lipinski definition) is 1. The van der Waals surface area contributed by atoms with Gasteiger partial charge in [0.15, 0.2) is 0 Å². The fourth-order valence-electron chi connectivity index (χ4n) is 2.25. The smallest absolute Gasteiger partial charge is 0.0705 e. The average Bonchev–Trinajstić information content (AvgIpc) is 2.89. The van der Waals surface area contributed by atoms with E-state index in [9.17, 15) is 0 Å². The van der Waals surface area contributed by atoms with Gasteiger partial charge in [0.25, 0.3) is 0 Å². The first-order valence-corrected chi connectivity index (χ1v) is 8.06. The SMILES string of the molecule is CCNCc1ccc(Br)cc1-n1nc(CC)cc1CC. The highest BCUT2D eigenvalue weighted by Gasteiger charge is 2.11. The molecule has 0 unspecified atom stereocenters. The summed E-state index contributed by atoms with van der Waals surface area (Å²) in [5.74, 6) is 0. The molecule has 0 bridgehead atoms. The molecular formula is C16H22BrN3. The molecule has 4 heteroatoms. The van der Waals surface area contributed by atoms with Gasteiger partial charge in [0.2, 0.25) is 0 Å². The van der Waals surface area contributed by atoms with E-state index in [0.29, 0.717) is 0 Å². The van der Waals surface area contributed by atoms with Crippen molar-refractivity contribution in [1.29, 1.82) is 0 Å². The molecule has 0 spiro atoms. The first kappa shape index (κ1) is 15.3. The van der Waals surface area contributed by atoms with Crippen molar-refractivity contribution in [3.63, 3.8) is 0 Å². The van der Waals surface area contributed by atoms with E-state index >= 15 is 0 Å². The highest BCUT2D eigenvalue weighted by Crippen LogP contribution is 2.22. The molecule has 1 heterocycles. The zero-order valence-electron chi connectivity index (χ0n) is 12.4. The van der Waals surface area contributed by atoms with Crippen LogP contribution in [0.15, 0.2) is 28.7 Å². The van der Waals surface area contributed by atoms with Gasteiger partial charge in [-0.2, -0.15) is 5.10 Å². The fourth-order valence-corrected chi connectivity index (χ4v) is 2.60. The Hall–Kier alpha value is -1.13. The first-order valence-electron chi connectivity index (χ1n) is 7.26. The number of benzene rings is 1. The summed E-state index contributed by atoms with van der Waals surface area (Å²) >= 11 is 3.57. The van der Waals surface area contributed by atoms with Crippen molar-refractivity contribution < 1.29 is 0 Å². The standard InChI is InChI=1S/C16H22BrN3/c1-4-14-10-15(5-2)20(19-14)16-9-13(17)8-7-12(16)11-18-6-3/h7-10,18H,4-6,11H2,1-3H3. The molecule has 108 valence electrons. The minimum absolute atomic E-state index is 0.865. The van der Waals surface area contributed by atoms with Gasteiger partial charge in [-0.05, 0) is 43.1 Å². The number of nitrogens with one attached hydrogen (secondary N) is 1. The van der Waals surface area contributed by atoms with Crippen molar-refractivity contribution in [2.24, 2.45) is 0 Å². The summed E-state index contributed by atoms with van der Waals surface area (Å²) < 4.78 is 3.18. The molecule has 1 aromatic heterocycles. The molecule has 0 saturated carbocycles. The Morgan fingerprint density at radius 2 is 1.95 bits per heavy atom. The maximum absolute atomic E-state index is 4.75. The van der Waals surface area contributed by atoms with Gasteiger partial charge in [0, 0.05) is 16.7 Å². The quantitative estimate of drug-likeness (QED) is 0.868. The lowest BCUT2D eigenvalue weighted by Crippen LogP contribution is -2.15. The van der Waals surface area contributed by atoms with Crippen molar-refractivity contribution in [3.05, 3.63) is 45.7 Å². The molecule has 1 aromatic carbocycles. The van der Waals surface area contributed by atoms with E-state index in [1.165, 1.54) is 11.3 Å². The highest BCUT2D eigenvalue weighted by molar-refractivity contribution is 9.10. The van der Waals surface area contributed by atoms with Crippen molar-refractivity contribution in [2.45, 2.75) is 40.2 Å². The highest BCUT2D eigenvalue weighted by atomic mass is 79.9. The number of halogens is 1. The maximum Gasteiger partial charge on any atom is 0.0705 e. The summed E-state index contributed by atoms with van der Waals surface area (Å²) in [6.07, 6.45) is 1.96. The van der Waals surface area contributed by atoms with Crippen molar-refractivity contribution in [1.82, 2.24) is 15.1 Å². The molecule has 2 rings (SSSR count). The first-order chi connectivity index (χ1) is 9.69. The summed E-state index contributed by atoms with van der Waals surface area (Å²) in [7, 11) is 0. The van der Waals surface area contributed by atoms with E-state index in [4.69, 9.17) is 5.10 Å². The van der Waals surface area contributed by atoms with Crippen LogP contribution in [0.2, 0.25) is 0 Å². The topological polar surface area (TPSA) is 29.9 Å². The summed E-state index contributed by atoms with van der Waals surface area (Å²) in [6.45, 7) is 8.28. The van der Waals surface area contributed by atoms with Gasteiger partial charge in [-0.1, -0.05) is 42.8 Å². The molecule has 0 atom stereocenters. The fraction of sp³-hybridized carbons (Fsp3) is 0.438. The van der Waals surface area contributed by atoms with E-state index in [1.54, 1.807) is 0 Å². The van der Waals surface area contributed by atoms with E-state index < -0.39 is 0 Å². The van der Waals surface area contributed by atoms with Crippen LogP contribution in [0.1, 0.15) is 37.7 Å². The van der Waals surface area contributed by atoms with Crippen LogP contribution in [0.5, 0.6) is 0 Å². The summed E-state index contributed by atoms with van der Waals surface area (Å²) in [5.41, 5.74) is 4.85. The van der Waals surface area contributed by atoms with E-state index in [1.807, 2.05) is 0 Å². The maximum atomic E-state index is 4.75. The van der Waals surface area contributed by atoms with Crippen LogP contribution in [-0.4, -0.2) is 16.3 Å². The minimum atomic E-state index is 0.865. The molecule has 0 radical (unpaired) electrons. The third-order valence-electron chi connectivity index (χ3n) is 3.40. The number of nitrogens with zero attached hydrogens (tertiary/aromatic N) is 2. The van der Waals surface area contributed by atoms with Gasteiger partial charge < -0.3 is 5.32 Å². The Morgan fingerprint density at radius 3 is 2.60 bits per heavy atom. The molecule has 20 heavy (non-hydrogen) atoms. The van der Waals surface area contributed by atoms with Crippen LogP contribution in [-0.2, 0) is 19.4 Å². The normalized spacial score (nSPS) is 11.0. The molecule has 0 aliphatic rings. The Kier molecular flexibility index (Phi) is 5.38. The van der Waals surface area contributed by atoms with Gasteiger partial charge in [0.05, 0.1) is 11.4 Å². The lowest BCUT2D eigenvalue weighted by atomic mass is 10.1. The number of aryl methyl sites for hydroxylation is 2. The van der Waals surface area contributed by atoms with Gasteiger partial charge in [-0.3, -0.25) is 0 Å². The molecular weight excluding hydrogens is 314 g/mol. The molecule has 0 amide bonds. The Labute approximate surface area is 129 Å². The van der Waals surface area contributed by atoms with Crippen molar-refractivity contribution in [3.8, 4) is 5.69 Å². The van der Waals surface area contributed by atoms with Gasteiger partial charge in [-0.15, -0.1) is 0 Å². The van der Waals surface area contributed by atoms with E-state index in [-0.39, 0.29) is 0 Å². The zero-order chi connectivity index (χ0) is 14.5. The van der Waals surface area contributed by atoms with Crippen LogP contribution >= 0.6 is 15.9 Å². The molecule has 3 nitrogen and oxygen atoms in total. The lowest BCUT2D eigenvalue weighted by Gasteiger charge is -2.13. The third kappa shape index (κ3) is 3.30. The van der Waals surface area contributed by atoms with Crippen LogP contribution in [0.4, 0.5) is 0 Å². The second-order valence-electron chi connectivity index (χ2n) is 4.80. The van der Waals surface area contributed by atoms with Gasteiger partial charge in [-0.25, -0.2) is 4.68 Å². The van der Waals surface area contributed by atoms with Crippen molar-refractivity contribution >= 4 is 15.9 Å². The molecule has 0 saturated heterocycles. The lowest BCUT2D eigenvalue weighted by molar-refractivity contribution is 0.709. The second kappa shape index (κ2) is 7.04. The summed E-state index contributed by atoms with van der Waals surface area (Å²) in [6, 6.07) is 8.61. The van der Waals surface area contributed by atoms with E-state index in [0.717, 1.165) is 41.8 Å². The molecule has 1 N–H and O–H groups in total. The third-order valence-corrected chi connectivity index (χ3v) is 3.89. The number of hydrogen-bond acceptors (Lipinski definition) is 2. The van der Waals surface area contributed by atoms with Gasteiger partial charge >= 0.3 is 0 Å². The predicted octanol–water partition coefficient (Wildman–Crippen LogP) is 3.87. The largest absolute Gasteiger partial charge is 0.313 e. The second-order valence-corrected chi connectivity index (χ2v) is 5.71. The van der Waals surface area contributed by atoms with Crippen LogP contribution in [0.25, 0.3) is 5.69 Å². The van der Waals surface area contributed by atoms with E-state index in [2.05, 4.69) is 71.0 Å². The van der Waals surface area contributed by atoms with Crippen LogP contribution in [0, 0.1) is 0 Å². The monoisotopic (exact) mass is 335 g/mol. The molecule has 0 fully saturated rings. The Balaban J connectivity index is 2.49. The van der Waals surface area contributed by atoms with Crippen molar-refractivity contribution in [2.75, 3.05) is 6.54 Å². The Bertz CT molecular complexity index is 575. The van der Waals surface area contributed by atoms with Crippen LogP contribution < -0.4 is 5.32 Å². The zero-order valence-corrected chi connectivity index (χ0v) is 14.0. The molecule has 2 aromatic rings. The number of aromatic nitrogens is 2. The molecule has 0 aliphatic carbocycles. The summed E-state index contributed by atoms with van der Waals surface area (Å²) in [4.78, 5) is 0. The minimum Gasteiger partial charge on any atom is -0.313 e. The average molecular weight is 336 g/mol. The molecule has 0 aliphatic heterocycles. The van der Waals surface area contributed by atoms with Gasteiger partial charge in [0.1, 0.15) is 0 Å². The number of rotatable bonds is 6. The predicted molar refractivity (Wildman–Crippen MR) is 87.4 cm³/mol.